The first kappa shape index (κ1) is 33.4. The smallest absolute Gasteiger partial charge is 0.410 e. The van der Waals surface area contributed by atoms with Crippen LogP contribution in [0.4, 0.5) is 4.79 Å². The van der Waals surface area contributed by atoms with Gasteiger partial charge >= 0.3 is 12.1 Å². The van der Waals surface area contributed by atoms with Gasteiger partial charge in [0.2, 0.25) is 0 Å². The maximum absolute atomic E-state index is 13.5. The van der Waals surface area contributed by atoms with Crippen molar-refractivity contribution in [1.29, 1.82) is 0 Å². The minimum absolute atomic E-state index is 0.00360. The first-order chi connectivity index (χ1) is 20.7. The molecule has 0 spiro atoms. The number of phenols is 1. The van der Waals surface area contributed by atoms with Crippen molar-refractivity contribution >= 4 is 42.4 Å². The van der Waals surface area contributed by atoms with E-state index in [0.717, 1.165) is 10.4 Å². The van der Waals surface area contributed by atoms with Crippen LogP contribution in [0.2, 0.25) is 10.1 Å². The Balaban J connectivity index is 1.71. The number of amides is 1. The number of carbonyl (C=O) groups excluding carboxylic acids is 2. The van der Waals surface area contributed by atoms with E-state index in [1.165, 1.54) is 19.2 Å². The van der Waals surface area contributed by atoms with Crippen LogP contribution in [0.5, 0.6) is 11.5 Å². The van der Waals surface area contributed by atoms with Crippen molar-refractivity contribution in [3.05, 3.63) is 83.4 Å². The van der Waals surface area contributed by atoms with Crippen molar-refractivity contribution in [1.82, 2.24) is 4.90 Å². The van der Waals surface area contributed by atoms with E-state index in [2.05, 4.69) is 45.0 Å². The van der Waals surface area contributed by atoms with Gasteiger partial charge in [0.15, 0.2) is 0 Å². The monoisotopic (exact) mass is 639 g/mol. The molecule has 2 atom stereocenters. The van der Waals surface area contributed by atoms with Crippen LogP contribution in [0.3, 0.4) is 0 Å². The minimum atomic E-state index is -2.92. The molecule has 1 fully saturated rings. The summed E-state index contributed by atoms with van der Waals surface area (Å²) in [6.07, 6.45) is -0.360. The molecule has 44 heavy (non-hydrogen) atoms. The summed E-state index contributed by atoms with van der Waals surface area (Å²) in [5.74, 6) is -1.07. The molecule has 1 aliphatic rings. The van der Waals surface area contributed by atoms with Crippen molar-refractivity contribution in [3.8, 4) is 11.5 Å². The molecule has 10 heteroatoms. The van der Waals surface area contributed by atoms with Crippen LogP contribution < -0.4 is 15.1 Å². The largest absolute Gasteiger partial charge is 0.507 e. The highest BCUT2D eigenvalue weighted by atomic mass is 35.5. The van der Waals surface area contributed by atoms with Gasteiger partial charge in [-0.2, -0.15) is 0 Å². The SMILES string of the molecule is COC(=O)c1c(O)cc(Cl)cc1OC[C@H]1C[C@@H](O[Si](c2ccccc2)(c2ccccc2)C(C)(C)C)CN1C(=O)OC(C)(C)C. The summed E-state index contributed by atoms with van der Waals surface area (Å²) in [5, 5.41) is 12.6. The molecule has 1 amide bonds. The molecule has 1 heterocycles. The number of carbonyl (C=O) groups is 2. The number of aromatic hydroxyl groups is 1. The number of rotatable bonds is 8. The molecule has 3 aromatic carbocycles. The molecular formula is C34H42ClNO7Si. The Morgan fingerprint density at radius 2 is 1.52 bits per heavy atom. The number of methoxy groups -OCH3 is 1. The van der Waals surface area contributed by atoms with Crippen molar-refractivity contribution in [2.24, 2.45) is 0 Å². The lowest BCUT2D eigenvalue weighted by atomic mass is 10.1. The summed E-state index contributed by atoms with van der Waals surface area (Å²) in [6, 6.07) is 22.9. The van der Waals surface area contributed by atoms with Gasteiger partial charge in [0, 0.05) is 11.6 Å². The first-order valence-corrected chi connectivity index (χ1v) is 17.0. The van der Waals surface area contributed by atoms with E-state index in [9.17, 15) is 14.7 Å². The number of halogens is 1. The third-order valence-corrected chi connectivity index (χ3v) is 12.9. The number of nitrogens with zero attached hydrogens (tertiary/aromatic N) is 1. The standard InChI is InChI=1S/C34H42ClNO7Si/c1-33(2,3)42-32(39)36-21-25(20-24(36)22-41-29-19-23(35)18-28(37)30(29)31(38)40-7)43-44(34(4,5)6,26-14-10-8-11-15-26)27-16-12-9-13-17-27/h8-19,24-25,37H,20-22H2,1-7H3/t24-,25-/m1/s1. The number of benzene rings is 3. The van der Waals surface area contributed by atoms with Crippen LogP contribution in [0.25, 0.3) is 0 Å². The van der Waals surface area contributed by atoms with E-state index in [0.29, 0.717) is 6.42 Å². The molecule has 1 saturated heterocycles. The van der Waals surface area contributed by atoms with Gasteiger partial charge in [-0.25, -0.2) is 9.59 Å². The normalized spacial score (nSPS) is 17.3. The number of ether oxygens (including phenoxy) is 3. The summed E-state index contributed by atoms with van der Waals surface area (Å²) in [4.78, 5) is 27.6. The van der Waals surface area contributed by atoms with Crippen LogP contribution >= 0.6 is 11.6 Å². The lowest BCUT2D eigenvalue weighted by molar-refractivity contribution is 0.0173. The average molecular weight is 640 g/mol. The molecule has 8 nitrogen and oxygen atoms in total. The van der Waals surface area contributed by atoms with Gasteiger partial charge < -0.3 is 23.7 Å². The Hall–Kier alpha value is -3.53. The van der Waals surface area contributed by atoms with Crippen LogP contribution in [0.1, 0.15) is 58.3 Å². The molecule has 0 bridgehead atoms. The van der Waals surface area contributed by atoms with Crippen molar-refractivity contribution in [2.75, 3.05) is 20.3 Å². The summed E-state index contributed by atoms with van der Waals surface area (Å²) in [6.45, 7) is 12.4. The molecule has 1 N–H and O–H groups in total. The van der Waals surface area contributed by atoms with E-state index in [4.69, 9.17) is 30.2 Å². The second-order valence-corrected chi connectivity index (χ2v) is 17.7. The van der Waals surface area contributed by atoms with Gasteiger partial charge in [0.05, 0.1) is 19.3 Å². The average Bonchev–Trinajstić information content (AvgIpc) is 3.36. The number of hydrogen-bond acceptors (Lipinski definition) is 7. The second kappa shape index (κ2) is 13.2. The number of likely N-dealkylation sites (tertiary alicyclic amines) is 1. The maximum atomic E-state index is 13.5. The molecule has 236 valence electrons. The lowest BCUT2D eigenvalue weighted by Crippen LogP contribution is -2.67. The summed E-state index contributed by atoms with van der Waals surface area (Å²) in [7, 11) is -1.70. The molecule has 0 saturated carbocycles. The highest BCUT2D eigenvalue weighted by Crippen LogP contribution is 2.40. The number of hydrogen-bond donors (Lipinski definition) is 1. The van der Waals surface area contributed by atoms with Crippen LogP contribution in [-0.4, -0.2) is 68.4 Å². The Kier molecular flexibility index (Phi) is 10.0. The lowest BCUT2D eigenvalue weighted by Gasteiger charge is -2.44. The van der Waals surface area contributed by atoms with E-state index in [1.807, 2.05) is 57.2 Å². The topological polar surface area (TPSA) is 94.5 Å². The maximum Gasteiger partial charge on any atom is 0.410 e. The van der Waals surface area contributed by atoms with Crippen LogP contribution in [-0.2, 0) is 13.9 Å². The summed E-state index contributed by atoms with van der Waals surface area (Å²) >= 11 is 6.18. The summed E-state index contributed by atoms with van der Waals surface area (Å²) in [5.41, 5.74) is -0.852. The predicted molar refractivity (Wildman–Crippen MR) is 174 cm³/mol. The van der Waals surface area contributed by atoms with Gasteiger partial charge in [-0.1, -0.05) is 93.0 Å². The Bertz CT molecular complexity index is 1410. The quantitative estimate of drug-likeness (QED) is 0.233. The Labute approximate surface area is 266 Å². The highest BCUT2D eigenvalue weighted by Gasteiger charge is 2.53. The fourth-order valence-corrected chi connectivity index (χ4v) is 10.7. The third-order valence-electron chi connectivity index (χ3n) is 7.63. The van der Waals surface area contributed by atoms with E-state index in [1.54, 1.807) is 4.90 Å². The predicted octanol–water partition coefficient (Wildman–Crippen LogP) is 6.17. The number of phenolic OH excluding ortho intramolecular Hbond substituents is 1. The first-order valence-electron chi connectivity index (χ1n) is 14.7. The van der Waals surface area contributed by atoms with E-state index < -0.39 is 32.0 Å². The summed E-state index contributed by atoms with van der Waals surface area (Å²) < 4.78 is 24.1. The van der Waals surface area contributed by atoms with Crippen LogP contribution in [0, 0.1) is 0 Å². The van der Waals surface area contributed by atoms with E-state index in [-0.39, 0.29) is 46.4 Å². The fourth-order valence-electron chi connectivity index (χ4n) is 5.78. The van der Waals surface area contributed by atoms with Crippen LogP contribution in [0.15, 0.2) is 72.8 Å². The Morgan fingerprint density at radius 3 is 2.02 bits per heavy atom. The van der Waals surface area contributed by atoms with Gasteiger partial charge in [-0.3, -0.25) is 4.90 Å². The number of esters is 1. The van der Waals surface area contributed by atoms with E-state index >= 15 is 0 Å². The molecular weight excluding hydrogens is 598 g/mol. The molecule has 0 aliphatic carbocycles. The fraction of sp³-hybridized carbons (Fsp3) is 0.412. The van der Waals surface area contributed by atoms with Crippen molar-refractivity contribution in [2.45, 2.75) is 70.7 Å². The molecule has 3 aromatic rings. The van der Waals surface area contributed by atoms with Gasteiger partial charge in [0.25, 0.3) is 8.32 Å². The molecule has 4 rings (SSSR count). The molecule has 0 aromatic heterocycles. The second-order valence-electron chi connectivity index (χ2n) is 13.0. The van der Waals surface area contributed by atoms with Crippen molar-refractivity contribution in [3.63, 3.8) is 0 Å². The zero-order valence-corrected chi connectivity index (χ0v) is 28.2. The zero-order valence-electron chi connectivity index (χ0n) is 26.4. The molecule has 0 radical (unpaired) electrons. The van der Waals surface area contributed by atoms with Gasteiger partial charge in [0.1, 0.15) is 29.3 Å². The van der Waals surface area contributed by atoms with Gasteiger partial charge in [-0.15, -0.1) is 0 Å². The molecule has 1 aliphatic heterocycles. The Morgan fingerprint density at radius 1 is 0.955 bits per heavy atom. The highest BCUT2D eigenvalue weighted by molar-refractivity contribution is 6.99. The van der Waals surface area contributed by atoms with Gasteiger partial charge in [-0.05, 0) is 54.7 Å². The third kappa shape index (κ3) is 7.22. The zero-order chi connectivity index (χ0) is 32.3. The molecule has 0 unspecified atom stereocenters. The minimum Gasteiger partial charge on any atom is -0.507 e. The van der Waals surface area contributed by atoms with Crippen molar-refractivity contribution < 1.29 is 33.3 Å².